The molecule has 1 aromatic carbocycles. The number of carbonyl (C=O) groups is 2. The molecule has 0 saturated heterocycles. The summed E-state index contributed by atoms with van der Waals surface area (Å²) >= 11 is 0. The van der Waals surface area contributed by atoms with Crippen molar-refractivity contribution in [3.8, 4) is 6.07 Å². The molecule has 0 unspecified atom stereocenters. The Hall–Kier alpha value is -2.55. The molecular weight excluding hydrogens is 282 g/mol. The molecule has 1 fully saturated rings. The van der Waals surface area contributed by atoms with Crippen molar-refractivity contribution in [2.75, 3.05) is 6.54 Å². The van der Waals surface area contributed by atoms with Crippen molar-refractivity contribution in [3.63, 3.8) is 0 Å². The number of carboxylic acid groups (broad SMARTS) is 1. The van der Waals surface area contributed by atoms with Crippen molar-refractivity contribution >= 4 is 12.0 Å². The highest BCUT2D eigenvalue weighted by atomic mass is 16.4. The van der Waals surface area contributed by atoms with E-state index in [9.17, 15) is 9.59 Å². The van der Waals surface area contributed by atoms with Gasteiger partial charge in [0.25, 0.3) is 0 Å². The highest BCUT2D eigenvalue weighted by molar-refractivity contribution is 5.75. The van der Waals surface area contributed by atoms with Crippen LogP contribution in [0.1, 0.15) is 36.8 Å². The molecule has 1 aromatic rings. The van der Waals surface area contributed by atoms with Crippen molar-refractivity contribution in [2.24, 2.45) is 0 Å². The molecule has 6 nitrogen and oxygen atoms in total. The second kappa shape index (κ2) is 7.46. The monoisotopic (exact) mass is 301 g/mol. The molecule has 1 aliphatic rings. The van der Waals surface area contributed by atoms with Gasteiger partial charge in [-0.25, -0.2) is 4.79 Å². The number of benzene rings is 1. The summed E-state index contributed by atoms with van der Waals surface area (Å²) in [5.74, 6) is -0.856. The first kappa shape index (κ1) is 15.8. The molecule has 2 N–H and O–H groups in total. The van der Waals surface area contributed by atoms with E-state index in [1.165, 1.54) is 0 Å². The van der Waals surface area contributed by atoms with Gasteiger partial charge in [-0.2, -0.15) is 5.26 Å². The maximum absolute atomic E-state index is 12.2. The van der Waals surface area contributed by atoms with Crippen molar-refractivity contribution in [3.05, 3.63) is 35.4 Å². The molecule has 1 aliphatic carbocycles. The van der Waals surface area contributed by atoms with Crippen LogP contribution in [0.15, 0.2) is 24.3 Å². The van der Waals surface area contributed by atoms with Gasteiger partial charge in [0.1, 0.15) is 0 Å². The summed E-state index contributed by atoms with van der Waals surface area (Å²) in [6, 6.07) is 9.36. The van der Waals surface area contributed by atoms with Crippen molar-refractivity contribution in [2.45, 2.75) is 38.3 Å². The predicted molar refractivity (Wildman–Crippen MR) is 80.0 cm³/mol. The van der Waals surface area contributed by atoms with Gasteiger partial charge in [-0.3, -0.25) is 4.79 Å². The second-order valence-corrected chi connectivity index (χ2v) is 5.40. The minimum absolute atomic E-state index is 0.0549. The highest BCUT2D eigenvalue weighted by Gasteiger charge is 2.32. The van der Waals surface area contributed by atoms with Crippen LogP contribution in [-0.2, 0) is 11.3 Å². The summed E-state index contributed by atoms with van der Waals surface area (Å²) in [6.45, 7) is 0.864. The molecule has 116 valence electrons. The molecule has 2 rings (SSSR count). The van der Waals surface area contributed by atoms with E-state index in [1.54, 1.807) is 17.0 Å². The van der Waals surface area contributed by atoms with Crippen LogP contribution >= 0.6 is 0 Å². The Bertz CT molecular complexity index is 573. The van der Waals surface area contributed by atoms with E-state index in [0.29, 0.717) is 25.1 Å². The Kier molecular flexibility index (Phi) is 5.37. The van der Waals surface area contributed by atoms with Gasteiger partial charge in [-0.15, -0.1) is 0 Å². The number of carboxylic acids is 1. The van der Waals surface area contributed by atoms with Crippen LogP contribution < -0.4 is 5.32 Å². The van der Waals surface area contributed by atoms with Crippen LogP contribution in [-0.4, -0.2) is 34.6 Å². The number of urea groups is 1. The quantitative estimate of drug-likeness (QED) is 0.754. The summed E-state index contributed by atoms with van der Waals surface area (Å²) in [7, 11) is 0. The Balaban J connectivity index is 1.87. The van der Waals surface area contributed by atoms with Gasteiger partial charge in [0.15, 0.2) is 0 Å². The lowest BCUT2D eigenvalue weighted by Gasteiger charge is -2.23. The van der Waals surface area contributed by atoms with Gasteiger partial charge in [0, 0.05) is 25.6 Å². The lowest BCUT2D eigenvalue weighted by Crippen LogP contribution is -2.41. The van der Waals surface area contributed by atoms with Crippen molar-refractivity contribution in [1.82, 2.24) is 10.2 Å². The smallest absolute Gasteiger partial charge is 0.317 e. The maximum Gasteiger partial charge on any atom is 0.317 e. The maximum atomic E-state index is 12.2. The minimum Gasteiger partial charge on any atom is -0.481 e. The van der Waals surface area contributed by atoms with E-state index in [-0.39, 0.29) is 18.5 Å². The average molecular weight is 301 g/mol. The summed E-state index contributed by atoms with van der Waals surface area (Å²) in [5, 5.41) is 20.1. The first-order chi connectivity index (χ1) is 10.6. The van der Waals surface area contributed by atoms with Crippen LogP contribution in [0.3, 0.4) is 0 Å². The number of nitrogens with one attached hydrogen (secondary N) is 1. The number of nitriles is 1. The lowest BCUT2D eigenvalue weighted by atomic mass is 10.1. The number of hydrogen-bond donors (Lipinski definition) is 2. The number of aliphatic carboxylic acids is 1. The molecule has 0 spiro atoms. The molecule has 0 aliphatic heterocycles. The topological polar surface area (TPSA) is 93.4 Å². The zero-order valence-corrected chi connectivity index (χ0v) is 12.3. The Morgan fingerprint density at radius 3 is 2.55 bits per heavy atom. The predicted octanol–water partition coefficient (Wildman–Crippen LogP) is 2.10. The molecule has 0 aromatic heterocycles. The fourth-order valence-corrected chi connectivity index (χ4v) is 2.17. The zero-order chi connectivity index (χ0) is 15.9. The molecule has 0 radical (unpaired) electrons. The van der Waals surface area contributed by atoms with Gasteiger partial charge >= 0.3 is 12.0 Å². The molecule has 0 atom stereocenters. The lowest BCUT2D eigenvalue weighted by molar-refractivity contribution is -0.137. The summed E-state index contributed by atoms with van der Waals surface area (Å²) in [6.07, 6.45) is 2.48. The minimum atomic E-state index is -0.856. The third kappa shape index (κ3) is 4.77. The summed E-state index contributed by atoms with van der Waals surface area (Å²) in [4.78, 5) is 24.4. The second-order valence-electron chi connectivity index (χ2n) is 5.40. The number of nitrogens with zero attached hydrogens (tertiary/aromatic N) is 2. The van der Waals surface area contributed by atoms with Crippen LogP contribution in [0.2, 0.25) is 0 Å². The Morgan fingerprint density at radius 2 is 2.00 bits per heavy atom. The van der Waals surface area contributed by atoms with E-state index in [4.69, 9.17) is 10.4 Å². The Labute approximate surface area is 129 Å². The number of amides is 2. The molecule has 6 heteroatoms. The molecular formula is C16H19N3O3. The molecule has 0 heterocycles. The van der Waals surface area contributed by atoms with Gasteiger partial charge in [0.2, 0.25) is 0 Å². The van der Waals surface area contributed by atoms with Gasteiger partial charge in [-0.1, -0.05) is 12.1 Å². The van der Waals surface area contributed by atoms with E-state index < -0.39 is 5.97 Å². The van der Waals surface area contributed by atoms with Crippen LogP contribution in [0.25, 0.3) is 0 Å². The van der Waals surface area contributed by atoms with Crippen molar-refractivity contribution in [1.29, 1.82) is 5.26 Å². The summed E-state index contributed by atoms with van der Waals surface area (Å²) in [5.41, 5.74) is 1.58. The average Bonchev–Trinajstić information content (AvgIpc) is 3.34. The third-order valence-electron chi connectivity index (χ3n) is 3.53. The largest absolute Gasteiger partial charge is 0.481 e. The third-order valence-corrected chi connectivity index (χ3v) is 3.53. The SMILES string of the molecule is N#Cc1ccc(CN(C(=O)NCCCC(=O)O)C2CC2)cc1. The number of carbonyl (C=O) groups excluding carboxylic acids is 1. The normalized spacial score (nSPS) is 13.2. The molecule has 0 bridgehead atoms. The fourth-order valence-electron chi connectivity index (χ4n) is 2.17. The first-order valence-electron chi connectivity index (χ1n) is 7.35. The summed E-state index contributed by atoms with van der Waals surface area (Å²) < 4.78 is 0. The van der Waals surface area contributed by atoms with Crippen LogP contribution in [0.4, 0.5) is 4.79 Å². The fraction of sp³-hybridized carbons (Fsp3) is 0.438. The van der Waals surface area contributed by atoms with E-state index in [1.807, 2.05) is 12.1 Å². The first-order valence-corrected chi connectivity index (χ1v) is 7.35. The zero-order valence-electron chi connectivity index (χ0n) is 12.3. The molecule has 1 saturated carbocycles. The van der Waals surface area contributed by atoms with Gasteiger partial charge < -0.3 is 15.3 Å². The highest BCUT2D eigenvalue weighted by Crippen LogP contribution is 2.28. The van der Waals surface area contributed by atoms with E-state index in [2.05, 4.69) is 11.4 Å². The molecule has 2 amide bonds. The number of hydrogen-bond acceptors (Lipinski definition) is 3. The van der Waals surface area contributed by atoms with Crippen LogP contribution in [0, 0.1) is 11.3 Å². The van der Waals surface area contributed by atoms with Crippen LogP contribution in [0.5, 0.6) is 0 Å². The van der Waals surface area contributed by atoms with E-state index >= 15 is 0 Å². The number of rotatable bonds is 7. The Morgan fingerprint density at radius 1 is 1.32 bits per heavy atom. The standard InChI is InChI=1S/C16H19N3O3/c17-10-12-3-5-13(6-4-12)11-19(14-7-8-14)16(22)18-9-1-2-15(20)21/h3-6,14H,1-2,7-9,11H2,(H,18,22)(H,20,21). The van der Waals surface area contributed by atoms with Gasteiger partial charge in [0.05, 0.1) is 11.6 Å². The van der Waals surface area contributed by atoms with Crippen molar-refractivity contribution < 1.29 is 14.7 Å². The van der Waals surface area contributed by atoms with Gasteiger partial charge in [-0.05, 0) is 37.0 Å². The van der Waals surface area contributed by atoms with E-state index in [0.717, 1.165) is 18.4 Å². The molecule has 22 heavy (non-hydrogen) atoms.